The molecule has 0 aliphatic heterocycles. The molecule has 2 heterocycles. The minimum Gasteiger partial charge on any atom is -0.294 e. The molecular formula is C14H15N3O2S2. The SMILES string of the molecule is Cc1csc2nc(-c3ccc(S(=O)(=O)N(C)C)cc3)cn12. The van der Waals surface area contributed by atoms with Crippen LogP contribution in [0, 0.1) is 6.92 Å². The van der Waals surface area contributed by atoms with E-state index in [1.165, 1.54) is 18.4 Å². The van der Waals surface area contributed by atoms with Gasteiger partial charge in [-0.2, -0.15) is 0 Å². The zero-order valence-corrected chi connectivity index (χ0v) is 13.6. The molecule has 0 bridgehead atoms. The summed E-state index contributed by atoms with van der Waals surface area (Å²) in [6.45, 7) is 2.03. The number of aryl methyl sites for hydroxylation is 1. The molecule has 21 heavy (non-hydrogen) atoms. The Morgan fingerprint density at radius 2 is 1.86 bits per heavy atom. The molecule has 0 unspecified atom stereocenters. The number of thiazole rings is 1. The van der Waals surface area contributed by atoms with Crippen LogP contribution in [-0.4, -0.2) is 36.2 Å². The molecule has 0 aliphatic rings. The lowest BCUT2D eigenvalue weighted by atomic mass is 10.2. The molecule has 0 atom stereocenters. The molecule has 7 heteroatoms. The van der Waals surface area contributed by atoms with Crippen molar-refractivity contribution >= 4 is 26.3 Å². The first-order valence-electron chi connectivity index (χ1n) is 6.36. The largest absolute Gasteiger partial charge is 0.294 e. The molecule has 0 radical (unpaired) electrons. The minimum absolute atomic E-state index is 0.286. The summed E-state index contributed by atoms with van der Waals surface area (Å²) in [5, 5.41) is 2.05. The Balaban J connectivity index is 2.01. The predicted molar refractivity (Wildman–Crippen MR) is 84.1 cm³/mol. The summed E-state index contributed by atoms with van der Waals surface area (Å²) in [5.74, 6) is 0. The van der Waals surface area contributed by atoms with E-state index in [0.29, 0.717) is 0 Å². The fraction of sp³-hybridized carbons (Fsp3) is 0.214. The summed E-state index contributed by atoms with van der Waals surface area (Å²) in [6, 6.07) is 6.81. The van der Waals surface area contributed by atoms with Gasteiger partial charge >= 0.3 is 0 Å². The van der Waals surface area contributed by atoms with Crippen molar-refractivity contribution in [1.82, 2.24) is 13.7 Å². The Bertz CT molecular complexity index is 890. The highest BCUT2D eigenvalue weighted by Crippen LogP contribution is 2.24. The zero-order chi connectivity index (χ0) is 15.2. The number of sulfonamides is 1. The van der Waals surface area contributed by atoms with Crippen LogP contribution in [0.1, 0.15) is 5.69 Å². The molecule has 0 spiro atoms. The van der Waals surface area contributed by atoms with Crippen molar-refractivity contribution in [2.75, 3.05) is 14.1 Å². The second-order valence-electron chi connectivity index (χ2n) is 4.97. The quantitative estimate of drug-likeness (QED) is 0.745. The van der Waals surface area contributed by atoms with Gasteiger partial charge in [0.15, 0.2) is 4.96 Å². The zero-order valence-electron chi connectivity index (χ0n) is 11.9. The standard InChI is InChI=1S/C14H15N3O2S2/c1-10-9-20-14-15-13(8-17(10)14)11-4-6-12(7-5-11)21(18,19)16(2)3/h4-9H,1-3H3. The molecule has 3 aromatic rings. The Kier molecular flexibility index (Phi) is 3.35. The van der Waals surface area contributed by atoms with Crippen molar-refractivity contribution in [2.24, 2.45) is 0 Å². The second kappa shape index (κ2) is 4.94. The molecule has 5 nitrogen and oxygen atoms in total. The summed E-state index contributed by atoms with van der Waals surface area (Å²) in [5.41, 5.74) is 2.89. The van der Waals surface area contributed by atoms with E-state index in [-0.39, 0.29) is 4.90 Å². The van der Waals surface area contributed by atoms with E-state index in [4.69, 9.17) is 0 Å². The van der Waals surface area contributed by atoms with Gasteiger partial charge in [0.25, 0.3) is 0 Å². The van der Waals surface area contributed by atoms with Crippen molar-refractivity contribution < 1.29 is 8.42 Å². The lowest BCUT2D eigenvalue weighted by molar-refractivity contribution is 0.521. The van der Waals surface area contributed by atoms with Crippen molar-refractivity contribution in [2.45, 2.75) is 11.8 Å². The molecule has 110 valence electrons. The van der Waals surface area contributed by atoms with Crippen LogP contribution < -0.4 is 0 Å². The first-order chi connectivity index (χ1) is 9.89. The van der Waals surface area contributed by atoms with Gasteiger partial charge in [0, 0.05) is 36.9 Å². The molecule has 0 saturated carbocycles. The maximum absolute atomic E-state index is 12.0. The van der Waals surface area contributed by atoms with Crippen molar-refractivity contribution in [3.05, 3.63) is 41.5 Å². The molecule has 3 rings (SSSR count). The van der Waals surface area contributed by atoms with Gasteiger partial charge in [-0.1, -0.05) is 12.1 Å². The second-order valence-corrected chi connectivity index (χ2v) is 7.96. The van der Waals surface area contributed by atoms with Gasteiger partial charge in [0.2, 0.25) is 10.0 Å². The summed E-state index contributed by atoms with van der Waals surface area (Å²) in [4.78, 5) is 5.78. The van der Waals surface area contributed by atoms with Gasteiger partial charge in [0.05, 0.1) is 10.6 Å². The normalized spacial score (nSPS) is 12.4. The van der Waals surface area contributed by atoms with Gasteiger partial charge < -0.3 is 0 Å². The fourth-order valence-corrected chi connectivity index (χ4v) is 3.79. The maximum atomic E-state index is 12.0. The highest BCUT2D eigenvalue weighted by atomic mass is 32.2. The van der Waals surface area contributed by atoms with E-state index in [0.717, 1.165) is 21.9 Å². The molecule has 0 aliphatic carbocycles. The summed E-state index contributed by atoms with van der Waals surface area (Å²) in [7, 11) is -0.340. The van der Waals surface area contributed by atoms with E-state index in [2.05, 4.69) is 10.4 Å². The van der Waals surface area contributed by atoms with Crippen LogP contribution in [0.4, 0.5) is 0 Å². The number of aromatic nitrogens is 2. The monoisotopic (exact) mass is 321 g/mol. The van der Waals surface area contributed by atoms with Crippen LogP contribution in [0.5, 0.6) is 0 Å². The number of rotatable bonds is 3. The van der Waals surface area contributed by atoms with Crippen LogP contribution in [0.2, 0.25) is 0 Å². The smallest absolute Gasteiger partial charge is 0.242 e. The van der Waals surface area contributed by atoms with Gasteiger partial charge in [-0.05, 0) is 19.1 Å². The fourth-order valence-electron chi connectivity index (χ4n) is 2.04. The van der Waals surface area contributed by atoms with E-state index < -0.39 is 10.0 Å². The highest BCUT2D eigenvalue weighted by molar-refractivity contribution is 7.89. The maximum Gasteiger partial charge on any atom is 0.242 e. The molecule has 0 saturated heterocycles. The van der Waals surface area contributed by atoms with Crippen molar-refractivity contribution in [3.63, 3.8) is 0 Å². The number of nitrogens with zero attached hydrogens (tertiary/aromatic N) is 3. The number of fused-ring (bicyclic) bond motifs is 1. The van der Waals surface area contributed by atoms with Crippen LogP contribution in [0.3, 0.4) is 0 Å². The van der Waals surface area contributed by atoms with Crippen LogP contribution >= 0.6 is 11.3 Å². The molecule has 2 aromatic heterocycles. The third-order valence-corrected chi connectivity index (χ3v) is 6.10. The highest BCUT2D eigenvalue weighted by Gasteiger charge is 2.17. The van der Waals surface area contributed by atoms with Crippen molar-refractivity contribution in [3.8, 4) is 11.3 Å². The predicted octanol–water partition coefficient (Wildman–Crippen LogP) is 2.62. The summed E-state index contributed by atoms with van der Waals surface area (Å²) >= 11 is 1.59. The van der Waals surface area contributed by atoms with Crippen LogP contribution in [0.15, 0.2) is 40.7 Å². The van der Waals surface area contributed by atoms with Gasteiger partial charge in [-0.15, -0.1) is 11.3 Å². The summed E-state index contributed by atoms with van der Waals surface area (Å²) in [6.07, 6.45) is 1.97. The first-order valence-corrected chi connectivity index (χ1v) is 8.68. The van der Waals surface area contributed by atoms with Crippen molar-refractivity contribution in [1.29, 1.82) is 0 Å². The third kappa shape index (κ3) is 2.37. The third-order valence-electron chi connectivity index (χ3n) is 3.32. The lowest BCUT2D eigenvalue weighted by Crippen LogP contribution is -2.22. The van der Waals surface area contributed by atoms with E-state index in [1.807, 2.05) is 17.5 Å². The van der Waals surface area contributed by atoms with Crippen LogP contribution in [0.25, 0.3) is 16.2 Å². The van der Waals surface area contributed by atoms with Crippen LogP contribution in [-0.2, 0) is 10.0 Å². The first kappa shape index (κ1) is 14.2. The Morgan fingerprint density at radius 1 is 1.19 bits per heavy atom. The Labute approximate surface area is 127 Å². The van der Waals surface area contributed by atoms with Gasteiger partial charge in [-0.25, -0.2) is 17.7 Å². The summed E-state index contributed by atoms with van der Waals surface area (Å²) < 4.78 is 27.3. The molecule has 0 fully saturated rings. The number of hydrogen-bond acceptors (Lipinski definition) is 4. The van der Waals surface area contributed by atoms with E-state index in [9.17, 15) is 8.42 Å². The van der Waals surface area contributed by atoms with E-state index >= 15 is 0 Å². The van der Waals surface area contributed by atoms with Gasteiger partial charge in [-0.3, -0.25) is 4.40 Å². The average Bonchev–Trinajstić information content (AvgIpc) is 3.01. The molecule has 0 amide bonds. The molecule has 0 N–H and O–H groups in total. The Hall–Kier alpha value is -1.70. The topological polar surface area (TPSA) is 54.7 Å². The van der Waals surface area contributed by atoms with E-state index in [1.54, 1.807) is 35.6 Å². The lowest BCUT2D eigenvalue weighted by Gasteiger charge is -2.11. The number of hydrogen-bond donors (Lipinski definition) is 0. The molecular weight excluding hydrogens is 306 g/mol. The number of imidazole rings is 1. The Morgan fingerprint density at radius 3 is 2.43 bits per heavy atom. The average molecular weight is 321 g/mol. The molecule has 1 aromatic carbocycles. The number of benzene rings is 1. The minimum atomic E-state index is -3.39. The van der Waals surface area contributed by atoms with Gasteiger partial charge in [0.1, 0.15) is 0 Å².